The zero-order valence-electron chi connectivity index (χ0n) is 24.3. The largest absolute Gasteiger partial charge is 0.354 e. The van der Waals surface area contributed by atoms with E-state index >= 15 is 0 Å². The van der Waals surface area contributed by atoms with Gasteiger partial charge in [-0.1, -0.05) is 44.2 Å². The number of carbonyl (C=O) groups is 2. The molecule has 220 valence electrons. The van der Waals surface area contributed by atoms with Crippen molar-refractivity contribution in [1.82, 2.24) is 29.5 Å². The highest BCUT2D eigenvalue weighted by Crippen LogP contribution is 2.31. The van der Waals surface area contributed by atoms with E-state index in [4.69, 9.17) is 15.0 Å². The molecule has 6 rings (SSSR count). The van der Waals surface area contributed by atoms with E-state index in [1.54, 1.807) is 10.7 Å². The monoisotopic (exact) mass is 577 g/mol. The summed E-state index contributed by atoms with van der Waals surface area (Å²) in [7, 11) is 0. The maximum atomic E-state index is 11.1. The van der Waals surface area contributed by atoms with Crippen LogP contribution in [0.2, 0.25) is 0 Å². The first-order valence-electron chi connectivity index (χ1n) is 14.6. The third-order valence-corrected chi connectivity index (χ3v) is 8.06. The Morgan fingerprint density at radius 1 is 1.02 bits per heavy atom. The summed E-state index contributed by atoms with van der Waals surface area (Å²) in [5.41, 5.74) is 5.48. The molecule has 3 N–H and O–H groups in total. The van der Waals surface area contributed by atoms with Crippen molar-refractivity contribution in [3.63, 3.8) is 0 Å². The van der Waals surface area contributed by atoms with E-state index in [0.717, 1.165) is 83.4 Å². The molecular formula is C32H35N9O2. The summed E-state index contributed by atoms with van der Waals surface area (Å²) < 4.78 is 1.77. The van der Waals surface area contributed by atoms with Crippen LogP contribution in [0.4, 0.5) is 17.6 Å². The Hall–Kier alpha value is -5.06. The molecule has 3 aromatic heterocycles. The van der Waals surface area contributed by atoms with E-state index in [-0.39, 0.29) is 5.92 Å². The minimum absolute atomic E-state index is 0.251. The van der Waals surface area contributed by atoms with Crippen molar-refractivity contribution < 1.29 is 9.59 Å². The zero-order valence-corrected chi connectivity index (χ0v) is 24.3. The molecule has 1 saturated heterocycles. The zero-order chi connectivity index (χ0) is 29.8. The summed E-state index contributed by atoms with van der Waals surface area (Å²) in [4.78, 5) is 38.3. The number of likely N-dealkylation sites (tertiary alicyclic amines) is 1. The molecule has 0 atom stereocenters. The molecule has 0 radical (unpaired) electrons. The van der Waals surface area contributed by atoms with Crippen LogP contribution in [0.15, 0.2) is 60.9 Å². The van der Waals surface area contributed by atoms with Gasteiger partial charge in [-0.15, -0.1) is 0 Å². The number of nitrogens with one attached hydrogen (secondary N) is 3. The van der Waals surface area contributed by atoms with Crippen molar-refractivity contribution in [1.29, 1.82) is 0 Å². The van der Waals surface area contributed by atoms with Crippen LogP contribution in [0.5, 0.6) is 0 Å². The van der Waals surface area contributed by atoms with E-state index in [2.05, 4.69) is 47.0 Å². The van der Waals surface area contributed by atoms with Gasteiger partial charge in [-0.3, -0.25) is 14.6 Å². The lowest BCUT2D eigenvalue weighted by Gasteiger charge is -2.29. The number of carbonyl (C=O) groups excluding carboxylic acids is 2. The van der Waals surface area contributed by atoms with E-state index in [1.165, 1.54) is 0 Å². The molecule has 4 heterocycles. The number of piperidine rings is 1. The summed E-state index contributed by atoms with van der Waals surface area (Å²) in [5, 5.41) is 16.3. The SMILES string of the molecule is CC(C)c1cnn2c(NCc3ccccc3-c3nccc4cc(NC=O)ccc34)nc(NCC3CCN(C=O)CC3)nc12. The lowest BCUT2D eigenvalue weighted by atomic mass is 9.97. The van der Waals surface area contributed by atoms with Crippen LogP contribution in [-0.4, -0.2) is 61.9 Å². The summed E-state index contributed by atoms with van der Waals surface area (Å²) >= 11 is 0. The molecule has 2 aromatic carbocycles. The maximum absolute atomic E-state index is 11.1. The first kappa shape index (κ1) is 28.1. The Morgan fingerprint density at radius 3 is 2.65 bits per heavy atom. The van der Waals surface area contributed by atoms with E-state index in [9.17, 15) is 9.59 Å². The topological polar surface area (TPSA) is 129 Å². The van der Waals surface area contributed by atoms with Crippen molar-refractivity contribution in [2.24, 2.45) is 5.92 Å². The van der Waals surface area contributed by atoms with Gasteiger partial charge in [0.1, 0.15) is 0 Å². The summed E-state index contributed by atoms with van der Waals surface area (Å²) in [5.74, 6) is 1.85. The summed E-state index contributed by atoms with van der Waals surface area (Å²) in [6.45, 7) is 7.06. The molecule has 2 amide bonds. The summed E-state index contributed by atoms with van der Waals surface area (Å²) in [6.07, 6.45) is 7.17. The fourth-order valence-corrected chi connectivity index (χ4v) is 5.62. The molecule has 0 bridgehead atoms. The van der Waals surface area contributed by atoms with E-state index in [1.807, 2.05) is 47.5 Å². The van der Waals surface area contributed by atoms with Crippen LogP contribution < -0.4 is 16.0 Å². The highest BCUT2D eigenvalue weighted by atomic mass is 16.1. The number of hydrogen-bond donors (Lipinski definition) is 3. The Bertz CT molecular complexity index is 1760. The van der Waals surface area contributed by atoms with Gasteiger partial charge >= 0.3 is 0 Å². The second-order valence-corrected chi connectivity index (χ2v) is 11.2. The first-order chi connectivity index (χ1) is 21.0. The van der Waals surface area contributed by atoms with Gasteiger partial charge in [0.05, 0.1) is 11.9 Å². The van der Waals surface area contributed by atoms with Gasteiger partial charge in [-0.2, -0.15) is 19.6 Å². The van der Waals surface area contributed by atoms with Gasteiger partial charge < -0.3 is 20.9 Å². The van der Waals surface area contributed by atoms with Crippen LogP contribution >= 0.6 is 0 Å². The average molecular weight is 578 g/mol. The minimum Gasteiger partial charge on any atom is -0.354 e. The molecule has 1 aliphatic heterocycles. The number of aromatic nitrogens is 5. The Balaban J connectivity index is 1.28. The predicted molar refractivity (Wildman–Crippen MR) is 168 cm³/mol. The molecule has 0 saturated carbocycles. The number of pyridine rings is 1. The Kier molecular flexibility index (Phi) is 8.12. The number of fused-ring (bicyclic) bond motifs is 2. The molecule has 0 unspecified atom stereocenters. The second-order valence-electron chi connectivity index (χ2n) is 11.2. The van der Waals surface area contributed by atoms with Crippen molar-refractivity contribution >= 4 is 46.8 Å². The van der Waals surface area contributed by atoms with Crippen molar-refractivity contribution in [3.05, 3.63) is 72.1 Å². The molecular weight excluding hydrogens is 542 g/mol. The maximum Gasteiger partial charge on any atom is 0.229 e. The summed E-state index contributed by atoms with van der Waals surface area (Å²) in [6, 6.07) is 15.9. The van der Waals surface area contributed by atoms with Gasteiger partial charge in [0.25, 0.3) is 0 Å². The van der Waals surface area contributed by atoms with Gasteiger partial charge in [-0.05, 0) is 53.8 Å². The quantitative estimate of drug-likeness (QED) is 0.189. The van der Waals surface area contributed by atoms with Crippen molar-refractivity contribution in [3.8, 4) is 11.3 Å². The third-order valence-electron chi connectivity index (χ3n) is 8.06. The number of amides is 2. The molecule has 11 heteroatoms. The number of anilines is 3. The molecule has 5 aromatic rings. The standard InChI is InChI=1S/C32H35N9O2/c1-21(2)28-18-37-41-30(28)38-31(34-16-22-10-13-40(20-43)14-11-22)39-32(41)35-17-24-5-3-4-6-26(24)29-27-8-7-25(36-19-42)15-23(27)9-12-33-29/h3-9,12,15,18-22H,10-11,13-14,16-17H2,1-2H3,(H,36,42)(H2,34,35,38,39). The van der Waals surface area contributed by atoms with Crippen molar-refractivity contribution in [2.75, 3.05) is 35.6 Å². The van der Waals surface area contributed by atoms with E-state index < -0.39 is 0 Å². The minimum atomic E-state index is 0.251. The fourth-order valence-electron chi connectivity index (χ4n) is 5.62. The molecule has 0 spiro atoms. The molecule has 43 heavy (non-hydrogen) atoms. The molecule has 1 aliphatic rings. The smallest absolute Gasteiger partial charge is 0.229 e. The van der Waals surface area contributed by atoms with Crippen molar-refractivity contribution in [2.45, 2.75) is 39.2 Å². The van der Waals surface area contributed by atoms with Gasteiger partial charge in [-0.25, -0.2) is 0 Å². The number of benzene rings is 2. The van der Waals surface area contributed by atoms with Crippen LogP contribution in [0.1, 0.15) is 43.7 Å². The number of rotatable bonds is 11. The van der Waals surface area contributed by atoms with Crippen LogP contribution in [0.25, 0.3) is 27.7 Å². The van der Waals surface area contributed by atoms with Crippen LogP contribution in [0, 0.1) is 5.92 Å². The normalized spacial score (nSPS) is 13.9. The Morgan fingerprint density at radius 2 is 1.86 bits per heavy atom. The molecule has 0 aliphatic carbocycles. The lowest BCUT2D eigenvalue weighted by Crippen LogP contribution is -2.35. The number of hydrogen-bond acceptors (Lipinski definition) is 8. The highest BCUT2D eigenvalue weighted by Gasteiger charge is 2.20. The van der Waals surface area contributed by atoms with E-state index in [0.29, 0.717) is 30.8 Å². The highest BCUT2D eigenvalue weighted by molar-refractivity contribution is 5.97. The molecule has 11 nitrogen and oxygen atoms in total. The second kappa shape index (κ2) is 12.4. The lowest BCUT2D eigenvalue weighted by molar-refractivity contribution is -0.119. The van der Waals surface area contributed by atoms with Gasteiger partial charge in [0.2, 0.25) is 24.7 Å². The third kappa shape index (κ3) is 5.97. The number of nitrogens with zero attached hydrogens (tertiary/aromatic N) is 6. The molecule has 1 fully saturated rings. The predicted octanol–water partition coefficient (Wildman–Crippen LogP) is 4.92. The van der Waals surface area contributed by atoms with Crippen LogP contribution in [-0.2, 0) is 16.1 Å². The Labute approximate surface area is 249 Å². The van der Waals surface area contributed by atoms with Crippen LogP contribution in [0.3, 0.4) is 0 Å². The fraction of sp³-hybridized carbons (Fsp3) is 0.312. The first-order valence-corrected chi connectivity index (χ1v) is 14.6. The average Bonchev–Trinajstić information content (AvgIpc) is 3.47. The van der Waals surface area contributed by atoms with Gasteiger partial charge in [0, 0.05) is 54.6 Å². The van der Waals surface area contributed by atoms with Gasteiger partial charge in [0.15, 0.2) is 5.65 Å².